The van der Waals surface area contributed by atoms with E-state index in [0.29, 0.717) is 30.6 Å². The number of hydrogen-bond donors (Lipinski definition) is 2. The molecule has 7 nitrogen and oxygen atoms in total. The van der Waals surface area contributed by atoms with Crippen LogP contribution in [0.15, 0.2) is 17.1 Å². The fraction of sp³-hybridized carbons (Fsp3) is 0.684. The van der Waals surface area contributed by atoms with Gasteiger partial charge in [-0.15, -0.1) is 11.3 Å². The molecule has 1 amide bonds. The van der Waals surface area contributed by atoms with Crippen LogP contribution in [0.5, 0.6) is 0 Å². The Morgan fingerprint density at radius 3 is 2.64 bits per heavy atom. The summed E-state index contributed by atoms with van der Waals surface area (Å²) in [7, 11) is 0. The number of piperidine rings is 1. The molecule has 28 heavy (non-hydrogen) atoms. The Hall–Kier alpha value is -1.35. The van der Waals surface area contributed by atoms with Gasteiger partial charge in [-0.05, 0) is 31.9 Å². The van der Waals surface area contributed by atoms with Crippen LogP contribution in [0.2, 0.25) is 4.34 Å². The van der Waals surface area contributed by atoms with Crippen molar-refractivity contribution in [1.29, 1.82) is 0 Å². The van der Waals surface area contributed by atoms with Crippen LogP contribution in [0, 0.1) is 5.92 Å². The van der Waals surface area contributed by atoms with Gasteiger partial charge in [-0.3, -0.25) is 9.79 Å². The van der Waals surface area contributed by atoms with Crippen molar-refractivity contribution in [2.24, 2.45) is 10.9 Å². The first kappa shape index (κ1) is 21.4. The molecule has 0 spiro atoms. The van der Waals surface area contributed by atoms with Crippen LogP contribution in [-0.4, -0.2) is 79.3 Å². The maximum absolute atomic E-state index is 12.7. The lowest BCUT2D eigenvalue weighted by molar-refractivity contribution is -0.140. The van der Waals surface area contributed by atoms with Crippen molar-refractivity contribution < 1.29 is 14.6 Å². The van der Waals surface area contributed by atoms with E-state index >= 15 is 0 Å². The van der Waals surface area contributed by atoms with Gasteiger partial charge in [-0.25, -0.2) is 0 Å². The van der Waals surface area contributed by atoms with Crippen molar-refractivity contribution >= 4 is 34.8 Å². The summed E-state index contributed by atoms with van der Waals surface area (Å²) in [6.45, 7) is 7.32. The number of rotatable bonds is 5. The number of aliphatic hydroxyl groups excluding tert-OH is 1. The number of ether oxygens (including phenoxy) is 1. The van der Waals surface area contributed by atoms with Crippen LogP contribution in [-0.2, 0) is 9.53 Å². The molecule has 2 saturated heterocycles. The summed E-state index contributed by atoms with van der Waals surface area (Å²) >= 11 is 7.32. The highest BCUT2D eigenvalue weighted by molar-refractivity contribution is 7.16. The van der Waals surface area contributed by atoms with Gasteiger partial charge in [0.1, 0.15) is 6.10 Å². The molecule has 1 aromatic rings. The lowest BCUT2D eigenvalue weighted by atomic mass is 9.95. The van der Waals surface area contributed by atoms with E-state index in [1.165, 1.54) is 11.3 Å². The first-order chi connectivity index (χ1) is 13.6. The molecule has 0 aliphatic carbocycles. The summed E-state index contributed by atoms with van der Waals surface area (Å²) in [4.78, 5) is 22.2. The molecule has 0 radical (unpaired) electrons. The number of halogens is 1. The number of hydrogen-bond acceptors (Lipinski definition) is 5. The maximum atomic E-state index is 12.7. The Kier molecular flexibility index (Phi) is 7.96. The minimum absolute atomic E-state index is 0.0797. The molecule has 1 atom stereocenters. The SMILES string of the molecule is CCNC(=NCC(O)c1ccc(Cl)s1)N1CCC(C(=O)N2CCOCC2)CC1. The van der Waals surface area contributed by atoms with Crippen molar-refractivity contribution in [3.05, 3.63) is 21.3 Å². The molecule has 2 aliphatic heterocycles. The van der Waals surface area contributed by atoms with E-state index in [1.807, 2.05) is 17.9 Å². The van der Waals surface area contributed by atoms with Crippen LogP contribution in [0.25, 0.3) is 0 Å². The molecule has 0 saturated carbocycles. The second-order valence-corrected chi connectivity index (χ2v) is 8.80. The van der Waals surface area contributed by atoms with Crippen LogP contribution in [0.3, 0.4) is 0 Å². The van der Waals surface area contributed by atoms with Gasteiger partial charge in [0.25, 0.3) is 0 Å². The molecule has 1 unspecified atom stereocenters. The summed E-state index contributed by atoms with van der Waals surface area (Å²) < 4.78 is 6.00. The van der Waals surface area contributed by atoms with Crippen molar-refractivity contribution in [1.82, 2.24) is 15.1 Å². The van der Waals surface area contributed by atoms with E-state index in [2.05, 4.69) is 15.2 Å². The Morgan fingerprint density at radius 2 is 2.04 bits per heavy atom. The zero-order valence-electron chi connectivity index (χ0n) is 16.3. The third-order valence-electron chi connectivity index (χ3n) is 5.14. The molecule has 0 aromatic carbocycles. The van der Waals surface area contributed by atoms with Crippen molar-refractivity contribution in [3.63, 3.8) is 0 Å². The maximum Gasteiger partial charge on any atom is 0.225 e. The summed E-state index contributed by atoms with van der Waals surface area (Å²) in [6, 6.07) is 3.62. The minimum Gasteiger partial charge on any atom is -0.386 e. The van der Waals surface area contributed by atoms with Gasteiger partial charge < -0.3 is 25.0 Å². The molecule has 2 aliphatic rings. The quantitative estimate of drug-likeness (QED) is 0.553. The highest BCUT2D eigenvalue weighted by Crippen LogP contribution is 2.27. The minimum atomic E-state index is -0.661. The Morgan fingerprint density at radius 1 is 1.32 bits per heavy atom. The van der Waals surface area contributed by atoms with Crippen LogP contribution >= 0.6 is 22.9 Å². The van der Waals surface area contributed by atoms with Crippen LogP contribution in [0.1, 0.15) is 30.7 Å². The normalized spacial score (nSPS) is 20.3. The standard InChI is InChI=1S/C19H29ClN4O3S/c1-2-21-19(22-13-15(25)16-3-4-17(20)28-16)24-7-5-14(6-8-24)18(26)23-9-11-27-12-10-23/h3-4,14-15,25H,2,5-13H2,1H3,(H,21,22). The van der Waals surface area contributed by atoms with Crippen molar-refractivity contribution in [3.8, 4) is 0 Å². The number of nitrogens with one attached hydrogen (secondary N) is 1. The molecule has 156 valence electrons. The molecule has 3 rings (SSSR count). The highest BCUT2D eigenvalue weighted by atomic mass is 35.5. The molecule has 2 fully saturated rings. The average molecular weight is 429 g/mol. The van der Waals surface area contributed by atoms with Gasteiger partial charge in [0, 0.05) is 43.5 Å². The van der Waals surface area contributed by atoms with Gasteiger partial charge in [0.15, 0.2) is 5.96 Å². The molecule has 2 N–H and O–H groups in total. The van der Waals surface area contributed by atoms with Crippen molar-refractivity contribution in [2.75, 3.05) is 52.5 Å². The number of amides is 1. The fourth-order valence-electron chi connectivity index (χ4n) is 3.58. The number of morpholine rings is 1. The van der Waals surface area contributed by atoms with Crippen LogP contribution in [0.4, 0.5) is 0 Å². The number of carbonyl (C=O) groups is 1. The van der Waals surface area contributed by atoms with E-state index in [4.69, 9.17) is 16.3 Å². The number of likely N-dealkylation sites (tertiary alicyclic amines) is 1. The number of aliphatic hydroxyl groups is 1. The van der Waals surface area contributed by atoms with E-state index in [-0.39, 0.29) is 18.4 Å². The van der Waals surface area contributed by atoms with Crippen LogP contribution < -0.4 is 5.32 Å². The number of guanidine groups is 1. The van der Waals surface area contributed by atoms with Gasteiger partial charge >= 0.3 is 0 Å². The largest absolute Gasteiger partial charge is 0.386 e. The zero-order valence-corrected chi connectivity index (χ0v) is 17.8. The summed E-state index contributed by atoms with van der Waals surface area (Å²) in [6.07, 6.45) is 0.986. The predicted molar refractivity (Wildman–Crippen MR) is 112 cm³/mol. The lowest BCUT2D eigenvalue weighted by Gasteiger charge is -2.36. The Labute approximate surface area is 175 Å². The summed E-state index contributed by atoms with van der Waals surface area (Å²) in [5, 5.41) is 13.6. The second kappa shape index (κ2) is 10.4. The second-order valence-electron chi connectivity index (χ2n) is 7.05. The first-order valence-corrected chi connectivity index (χ1v) is 11.1. The molecule has 1 aromatic heterocycles. The zero-order chi connectivity index (χ0) is 19.9. The topological polar surface area (TPSA) is 77.4 Å². The third-order valence-corrected chi connectivity index (χ3v) is 6.47. The smallest absolute Gasteiger partial charge is 0.225 e. The van der Waals surface area contributed by atoms with E-state index in [1.54, 1.807) is 6.07 Å². The molecule has 3 heterocycles. The highest BCUT2D eigenvalue weighted by Gasteiger charge is 2.30. The van der Waals surface area contributed by atoms with Gasteiger partial charge in [0.05, 0.1) is 24.1 Å². The fourth-order valence-corrected chi connectivity index (χ4v) is 4.61. The van der Waals surface area contributed by atoms with E-state index in [0.717, 1.165) is 43.3 Å². The van der Waals surface area contributed by atoms with Gasteiger partial charge in [0.2, 0.25) is 5.91 Å². The first-order valence-electron chi connectivity index (χ1n) is 9.91. The Bertz CT molecular complexity index is 670. The number of carbonyl (C=O) groups excluding carboxylic acids is 1. The molecular formula is C19H29ClN4O3S. The lowest BCUT2D eigenvalue weighted by Crippen LogP contribution is -2.50. The van der Waals surface area contributed by atoms with E-state index in [9.17, 15) is 9.90 Å². The predicted octanol–water partition coefficient (Wildman–Crippen LogP) is 1.97. The summed E-state index contributed by atoms with van der Waals surface area (Å²) in [5.41, 5.74) is 0. The van der Waals surface area contributed by atoms with E-state index < -0.39 is 6.10 Å². The monoisotopic (exact) mass is 428 g/mol. The van der Waals surface area contributed by atoms with Gasteiger partial charge in [-0.2, -0.15) is 0 Å². The van der Waals surface area contributed by atoms with Crippen molar-refractivity contribution in [2.45, 2.75) is 25.9 Å². The molecular weight excluding hydrogens is 400 g/mol. The molecule has 0 bridgehead atoms. The third kappa shape index (κ3) is 5.59. The average Bonchev–Trinajstić information content (AvgIpc) is 3.17. The Balaban J connectivity index is 1.54. The number of aliphatic imine (C=N–C) groups is 1. The molecule has 9 heteroatoms. The number of thiophene rings is 1. The van der Waals surface area contributed by atoms with Gasteiger partial charge in [-0.1, -0.05) is 11.6 Å². The number of nitrogens with zero attached hydrogens (tertiary/aromatic N) is 3. The summed E-state index contributed by atoms with van der Waals surface area (Å²) in [5.74, 6) is 1.13.